The zero-order valence-corrected chi connectivity index (χ0v) is 9.74. The van der Waals surface area contributed by atoms with E-state index in [-0.39, 0.29) is 22.7 Å². The van der Waals surface area contributed by atoms with Gasteiger partial charge in [-0.2, -0.15) is 0 Å². The third-order valence-electron chi connectivity index (χ3n) is 9.33. The van der Waals surface area contributed by atoms with Gasteiger partial charge in [-0.1, -0.05) is 12.2 Å². The standard InChI is InChI=1S/C16H12O2/c17-13-8-6-7-9(8)14(18)16-4-2-1-3-5(4)10(12(7)16)11(6)15(3,13)16/h1-12H/t3-,4-,5?,6+,7+,8-,9+,10?,11-,12-,15+,16+/m0/s1. The molecule has 0 saturated heterocycles. The minimum atomic E-state index is -0.137. The number of Topliss-reactive ketones (excluding diaryl/α,β-unsaturated/α-hetero) is 2. The predicted molar refractivity (Wildman–Crippen MR) is 58.9 cm³/mol. The van der Waals surface area contributed by atoms with E-state index in [1.54, 1.807) is 0 Å². The van der Waals surface area contributed by atoms with E-state index in [1.165, 1.54) is 0 Å². The zero-order valence-electron chi connectivity index (χ0n) is 9.74. The van der Waals surface area contributed by atoms with Crippen LogP contribution in [-0.4, -0.2) is 11.6 Å². The average molecular weight is 236 g/mol. The molecular formula is C16H12O2. The van der Waals surface area contributed by atoms with Gasteiger partial charge in [-0.3, -0.25) is 9.59 Å². The number of allylic oxidation sites excluding steroid dienone is 2. The number of hydrogen-bond donors (Lipinski definition) is 0. The van der Waals surface area contributed by atoms with E-state index in [0.29, 0.717) is 53.0 Å². The molecule has 9 aliphatic rings. The molecule has 0 aromatic carbocycles. The molecule has 9 aliphatic carbocycles. The molecule has 0 aliphatic heterocycles. The van der Waals surface area contributed by atoms with E-state index >= 15 is 0 Å². The Kier molecular flexibility index (Phi) is 0.642. The smallest absolute Gasteiger partial charge is 0.145 e. The summed E-state index contributed by atoms with van der Waals surface area (Å²) in [5.74, 6) is 6.63. The maximum atomic E-state index is 13.1. The van der Waals surface area contributed by atoms with Crippen LogP contribution >= 0.6 is 0 Å². The van der Waals surface area contributed by atoms with Crippen LogP contribution in [0.25, 0.3) is 0 Å². The van der Waals surface area contributed by atoms with Crippen molar-refractivity contribution in [3.05, 3.63) is 12.2 Å². The summed E-state index contributed by atoms with van der Waals surface area (Å²) >= 11 is 0. The number of rotatable bonds is 0. The monoisotopic (exact) mass is 236 g/mol. The van der Waals surface area contributed by atoms with Crippen molar-refractivity contribution in [3.63, 3.8) is 0 Å². The number of hydrogen-bond acceptors (Lipinski definition) is 2. The molecule has 0 aromatic rings. The van der Waals surface area contributed by atoms with Gasteiger partial charge >= 0.3 is 0 Å². The number of carbonyl (C=O) groups excluding carboxylic acids is 2. The topological polar surface area (TPSA) is 34.1 Å². The maximum absolute atomic E-state index is 13.1. The summed E-state index contributed by atoms with van der Waals surface area (Å²) < 4.78 is 0. The van der Waals surface area contributed by atoms with Gasteiger partial charge in [0.2, 0.25) is 0 Å². The Labute approximate surface area is 104 Å². The summed E-state index contributed by atoms with van der Waals surface area (Å²) in [6, 6.07) is 0. The normalized spacial score (nSPS) is 87.3. The first kappa shape index (κ1) is 7.62. The lowest BCUT2D eigenvalue weighted by molar-refractivity contribution is -0.157. The zero-order chi connectivity index (χ0) is 11.3. The molecule has 0 radical (unpaired) electrons. The van der Waals surface area contributed by atoms with Crippen molar-refractivity contribution in [2.45, 2.75) is 0 Å². The first-order valence-electron chi connectivity index (χ1n) is 7.56. The lowest BCUT2D eigenvalue weighted by Gasteiger charge is -2.47. The molecule has 8 bridgehead atoms. The fourth-order valence-electron chi connectivity index (χ4n) is 10.1. The summed E-state index contributed by atoms with van der Waals surface area (Å²) in [6.07, 6.45) is 4.68. The van der Waals surface area contributed by atoms with Crippen molar-refractivity contribution in [2.75, 3.05) is 0 Å². The maximum Gasteiger partial charge on any atom is 0.145 e. The van der Waals surface area contributed by atoms with Crippen molar-refractivity contribution in [2.24, 2.45) is 70.0 Å². The highest BCUT2D eigenvalue weighted by molar-refractivity contribution is 6.14. The van der Waals surface area contributed by atoms with Gasteiger partial charge in [0.1, 0.15) is 11.6 Å². The lowest BCUT2D eigenvalue weighted by Crippen LogP contribution is -2.57. The van der Waals surface area contributed by atoms with E-state index in [2.05, 4.69) is 12.2 Å². The van der Waals surface area contributed by atoms with E-state index in [4.69, 9.17) is 0 Å². The highest BCUT2D eigenvalue weighted by atomic mass is 16.2. The molecule has 18 heavy (non-hydrogen) atoms. The highest BCUT2D eigenvalue weighted by Crippen LogP contribution is 3.02. The van der Waals surface area contributed by atoms with Crippen molar-refractivity contribution < 1.29 is 9.59 Å². The Morgan fingerprint density at radius 3 is 1.72 bits per heavy atom. The largest absolute Gasteiger partial charge is 0.299 e. The average Bonchev–Trinajstić information content (AvgIpc) is 3.06. The molecule has 88 valence electrons. The van der Waals surface area contributed by atoms with Crippen LogP contribution in [0.15, 0.2) is 12.2 Å². The summed E-state index contributed by atoms with van der Waals surface area (Å²) in [5, 5.41) is 0. The minimum absolute atomic E-state index is 0.137. The molecule has 8 saturated carbocycles. The third-order valence-corrected chi connectivity index (χ3v) is 9.33. The lowest BCUT2D eigenvalue weighted by atomic mass is 9.52. The fraction of sp³-hybridized carbons (Fsp3) is 0.750. The van der Waals surface area contributed by atoms with Gasteiger partial charge in [0.15, 0.2) is 0 Å². The van der Waals surface area contributed by atoms with Crippen molar-refractivity contribution in [3.8, 4) is 0 Å². The highest BCUT2D eigenvalue weighted by Gasteiger charge is 3.06. The molecule has 2 spiro atoms. The van der Waals surface area contributed by atoms with Crippen LogP contribution in [0.3, 0.4) is 0 Å². The van der Waals surface area contributed by atoms with Gasteiger partial charge < -0.3 is 0 Å². The summed E-state index contributed by atoms with van der Waals surface area (Å²) in [5.41, 5.74) is -0.273. The molecule has 2 heteroatoms. The predicted octanol–water partition coefficient (Wildman–Crippen LogP) is 0.924. The SMILES string of the molecule is O=C1[C@@H]2[C@@H]3C(=O)[C@]45[C@@H]6C7C8[C@H](C=C[C@@H]84)[C@@]15[C@H]7[C@@H]2[C@H]36. The van der Waals surface area contributed by atoms with Gasteiger partial charge in [-0.05, 0) is 47.3 Å². The Morgan fingerprint density at radius 1 is 0.722 bits per heavy atom. The van der Waals surface area contributed by atoms with Gasteiger partial charge in [0.25, 0.3) is 0 Å². The number of fused-ring (bicyclic) bond motifs is 1. The number of carbonyl (C=O) groups is 2. The van der Waals surface area contributed by atoms with Crippen LogP contribution < -0.4 is 0 Å². The van der Waals surface area contributed by atoms with E-state index in [9.17, 15) is 9.59 Å². The van der Waals surface area contributed by atoms with Crippen LogP contribution in [0.4, 0.5) is 0 Å². The quantitative estimate of drug-likeness (QED) is 0.586. The van der Waals surface area contributed by atoms with E-state index in [1.807, 2.05) is 0 Å². The van der Waals surface area contributed by atoms with E-state index in [0.717, 1.165) is 5.92 Å². The molecule has 0 amide bonds. The number of ketones is 2. The second-order valence-electron chi connectivity index (χ2n) is 8.32. The van der Waals surface area contributed by atoms with Crippen molar-refractivity contribution >= 4 is 11.6 Å². The third kappa shape index (κ3) is 0.293. The summed E-state index contributed by atoms with van der Waals surface area (Å²) in [4.78, 5) is 26.1. The van der Waals surface area contributed by atoms with Crippen LogP contribution in [0.1, 0.15) is 0 Å². The molecule has 0 aromatic heterocycles. The fourth-order valence-corrected chi connectivity index (χ4v) is 10.1. The molecule has 2 nitrogen and oxygen atoms in total. The Morgan fingerprint density at radius 2 is 1.22 bits per heavy atom. The Balaban J connectivity index is 1.72. The second-order valence-corrected chi connectivity index (χ2v) is 8.32. The first-order chi connectivity index (χ1) is 8.79. The molecule has 8 fully saturated rings. The van der Waals surface area contributed by atoms with E-state index < -0.39 is 0 Å². The molecule has 0 N–H and O–H groups in total. The van der Waals surface area contributed by atoms with Crippen LogP contribution in [0.2, 0.25) is 0 Å². The Bertz CT molecular complexity index is 635. The molecular weight excluding hydrogens is 224 g/mol. The summed E-state index contributed by atoms with van der Waals surface area (Å²) in [6.45, 7) is 0. The van der Waals surface area contributed by atoms with Crippen LogP contribution in [-0.2, 0) is 9.59 Å². The van der Waals surface area contributed by atoms with Crippen molar-refractivity contribution in [1.82, 2.24) is 0 Å². The first-order valence-corrected chi connectivity index (χ1v) is 7.56. The second kappa shape index (κ2) is 1.52. The molecule has 0 heterocycles. The van der Waals surface area contributed by atoms with Crippen LogP contribution in [0.5, 0.6) is 0 Å². The van der Waals surface area contributed by atoms with Crippen LogP contribution in [0, 0.1) is 70.0 Å². The van der Waals surface area contributed by atoms with Gasteiger partial charge in [-0.15, -0.1) is 0 Å². The molecule has 2 unspecified atom stereocenters. The molecule has 9 rings (SSSR count). The van der Waals surface area contributed by atoms with Gasteiger partial charge in [0, 0.05) is 11.8 Å². The summed E-state index contributed by atoms with van der Waals surface area (Å²) in [7, 11) is 0. The van der Waals surface area contributed by atoms with Gasteiger partial charge in [-0.25, -0.2) is 0 Å². The van der Waals surface area contributed by atoms with Crippen molar-refractivity contribution in [1.29, 1.82) is 0 Å². The Hall–Kier alpha value is -0.920. The minimum Gasteiger partial charge on any atom is -0.299 e. The molecule has 12 atom stereocenters. The van der Waals surface area contributed by atoms with Gasteiger partial charge in [0.05, 0.1) is 10.8 Å².